The average Bonchev–Trinajstić information content (AvgIpc) is 2.44. The second-order valence-corrected chi connectivity index (χ2v) is 6.77. The molecular weight excluding hydrogens is 266 g/mol. The lowest BCUT2D eigenvalue weighted by molar-refractivity contribution is 0.333. The summed E-state index contributed by atoms with van der Waals surface area (Å²) < 4.78 is 5.77. The number of para-hydroxylation sites is 1. The number of ether oxygens (including phenoxy) is 1. The molecule has 1 N–H and O–H groups in total. The number of hydrogen-bond donors (Lipinski definition) is 1. The topological polar surface area (TPSA) is 21.3 Å². The Morgan fingerprint density at radius 2 is 1.85 bits per heavy atom. The predicted octanol–water partition coefficient (Wildman–Crippen LogP) is 4.51. The van der Waals surface area contributed by atoms with Crippen molar-refractivity contribution in [3.63, 3.8) is 0 Å². The number of hydrogen-bond acceptors (Lipinski definition) is 3. The summed E-state index contributed by atoms with van der Waals surface area (Å²) in [6.45, 7) is 12.8. The van der Waals surface area contributed by atoms with E-state index in [0.717, 1.165) is 18.0 Å². The molecule has 1 aromatic carbocycles. The van der Waals surface area contributed by atoms with E-state index in [1.807, 2.05) is 24.8 Å². The van der Waals surface area contributed by atoms with Crippen molar-refractivity contribution >= 4 is 11.8 Å². The van der Waals surface area contributed by atoms with Crippen LogP contribution in [0.25, 0.3) is 0 Å². The second-order valence-electron chi connectivity index (χ2n) is 5.36. The fourth-order valence-corrected chi connectivity index (χ4v) is 3.18. The largest absolute Gasteiger partial charge is 0.494 e. The predicted molar refractivity (Wildman–Crippen MR) is 90.8 cm³/mol. The summed E-state index contributed by atoms with van der Waals surface area (Å²) in [4.78, 5) is 0. The van der Waals surface area contributed by atoms with Crippen LogP contribution >= 0.6 is 11.8 Å². The van der Waals surface area contributed by atoms with Gasteiger partial charge in [0.05, 0.1) is 6.61 Å². The Morgan fingerprint density at radius 1 is 1.15 bits per heavy atom. The Morgan fingerprint density at radius 3 is 2.45 bits per heavy atom. The van der Waals surface area contributed by atoms with Crippen molar-refractivity contribution < 1.29 is 4.74 Å². The molecule has 2 unspecified atom stereocenters. The SMILES string of the molecule is CCNC(CSC(C)C(C)C)c1ccccc1OCC. The molecule has 0 aliphatic carbocycles. The minimum Gasteiger partial charge on any atom is -0.494 e. The Kier molecular flexibility index (Phi) is 8.08. The Balaban J connectivity index is 2.79. The van der Waals surface area contributed by atoms with E-state index in [1.54, 1.807) is 0 Å². The van der Waals surface area contributed by atoms with Crippen LogP contribution in [0, 0.1) is 5.92 Å². The highest BCUT2D eigenvalue weighted by molar-refractivity contribution is 7.99. The van der Waals surface area contributed by atoms with Gasteiger partial charge in [0.1, 0.15) is 5.75 Å². The van der Waals surface area contributed by atoms with Gasteiger partial charge in [-0.05, 0) is 25.5 Å². The number of benzene rings is 1. The van der Waals surface area contributed by atoms with Crippen LogP contribution in [0.15, 0.2) is 24.3 Å². The smallest absolute Gasteiger partial charge is 0.124 e. The third kappa shape index (κ3) is 5.37. The maximum Gasteiger partial charge on any atom is 0.124 e. The molecule has 1 rings (SSSR count). The van der Waals surface area contributed by atoms with Crippen molar-refractivity contribution in [1.29, 1.82) is 0 Å². The highest BCUT2D eigenvalue weighted by Crippen LogP contribution is 2.30. The van der Waals surface area contributed by atoms with E-state index >= 15 is 0 Å². The van der Waals surface area contributed by atoms with Crippen LogP contribution in [0.4, 0.5) is 0 Å². The molecule has 0 aromatic heterocycles. The van der Waals surface area contributed by atoms with Gasteiger partial charge in [-0.1, -0.05) is 45.9 Å². The lowest BCUT2D eigenvalue weighted by atomic mass is 10.1. The molecule has 0 amide bonds. The zero-order valence-electron chi connectivity index (χ0n) is 13.5. The number of rotatable bonds is 9. The zero-order valence-corrected chi connectivity index (χ0v) is 14.3. The average molecular weight is 295 g/mol. The van der Waals surface area contributed by atoms with Gasteiger partial charge in [0, 0.05) is 22.6 Å². The molecule has 20 heavy (non-hydrogen) atoms. The van der Waals surface area contributed by atoms with E-state index in [-0.39, 0.29) is 0 Å². The van der Waals surface area contributed by atoms with Crippen LogP contribution in [0.3, 0.4) is 0 Å². The fourth-order valence-electron chi connectivity index (χ4n) is 2.00. The molecule has 0 bridgehead atoms. The van der Waals surface area contributed by atoms with E-state index in [2.05, 4.69) is 51.2 Å². The fraction of sp³-hybridized carbons (Fsp3) is 0.647. The monoisotopic (exact) mass is 295 g/mol. The molecule has 0 aliphatic rings. The van der Waals surface area contributed by atoms with Crippen LogP contribution in [0.2, 0.25) is 0 Å². The van der Waals surface area contributed by atoms with Gasteiger partial charge >= 0.3 is 0 Å². The molecule has 114 valence electrons. The number of nitrogens with one attached hydrogen (secondary N) is 1. The van der Waals surface area contributed by atoms with Crippen molar-refractivity contribution in [2.45, 2.75) is 45.9 Å². The van der Waals surface area contributed by atoms with Crippen LogP contribution in [-0.4, -0.2) is 24.2 Å². The van der Waals surface area contributed by atoms with Gasteiger partial charge in [-0.15, -0.1) is 0 Å². The third-order valence-corrected chi connectivity index (χ3v) is 5.11. The van der Waals surface area contributed by atoms with Crippen LogP contribution in [-0.2, 0) is 0 Å². The van der Waals surface area contributed by atoms with Crippen molar-refractivity contribution in [3.05, 3.63) is 29.8 Å². The molecule has 0 saturated carbocycles. The van der Waals surface area contributed by atoms with Crippen LogP contribution in [0.5, 0.6) is 5.75 Å². The van der Waals surface area contributed by atoms with Gasteiger partial charge in [0.25, 0.3) is 0 Å². The summed E-state index contributed by atoms with van der Waals surface area (Å²) in [5.74, 6) is 2.81. The molecule has 0 saturated heterocycles. The Bertz CT molecular complexity index is 381. The zero-order chi connectivity index (χ0) is 15.0. The highest BCUT2D eigenvalue weighted by Gasteiger charge is 2.17. The van der Waals surface area contributed by atoms with Crippen molar-refractivity contribution in [3.8, 4) is 5.75 Å². The van der Waals surface area contributed by atoms with Crippen LogP contribution < -0.4 is 10.1 Å². The molecule has 0 aliphatic heterocycles. The first-order valence-electron chi connectivity index (χ1n) is 7.66. The maximum atomic E-state index is 5.77. The Labute approximate surface area is 128 Å². The van der Waals surface area contributed by atoms with Crippen molar-refractivity contribution in [2.75, 3.05) is 18.9 Å². The lowest BCUT2D eigenvalue weighted by Gasteiger charge is -2.23. The van der Waals surface area contributed by atoms with E-state index < -0.39 is 0 Å². The normalized spacial score (nSPS) is 14.3. The van der Waals surface area contributed by atoms with Gasteiger partial charge in [-0.25, -0.2) is 0 Å². The molecule has 1 aromatic rings. The first-order chi connectivity index (χ1) is 9.60. The minimum atomic E-state index is 0.356. The van der Waals surface area contributed by atoms with Crippen LogP contribution in [0.1, 0.15) is 46.2 Å². The first kappa shape index (κ1) is 17.4. The quantitative estimate of drug-likeness (QED) is 0.724. The summed E-state index contributed by atoms with van der Waals surface area (Å²) in [5.41, 5.74) is 1.28. The molecule has 2 nitrogen and oxygen atoms in total. The van der Waals surface area contributed by atoms with Crippen molar-refractivity contribution in [1.82, 2.24) is 5.32 Å². The molecule has 2 atom stereocenters. The van der Waals surface area contributed by atoms with E-state index in [4.69, 9.17) is 4.74 Å². The van der Waals surface area contributed by atoms with Gasteiger partial charge in [0.15, 0.2) is 0 Å². The summed E-state index contributed by atoms with van der Waals surface area (Å²) in [6, 6.07) is 8.74. The highest BCUT2D eigenvalue weighted by atomic mass is 32.2. The van der Waals surface area contributed by atoms with Gasteiger partial charge in [0.2, 0.25) is 0 Å². The summed E-state index contributed by atoms with van der Waals surface area (Å²) in [6.07, 6.45) is 0. The molecule has 3 heteroatoms. The van der Waals surface area contributed by atoms with Gasteiger partial charge < -0.3 is 10.1 Å². The molecular formula is C17H29NOS. The molecule has 0 heterocycles. The summed E-state index contributed by atoms with van der Waals surface area (Å²) in [5, 5.41) is 4.27. The standard InChI is InChI=1S/C17H29NOS/c1-6-18-16(12-20-14(5)13(3)4)15-10-8-9-11-17(15)19-7-2/h8-11,13-14,16,18H,6-7,12H2,1-5H3. The first-order valence-corrected chi connectivity index (χ1v) is 8.71. The minimum absolute atomic E-state index is 0.356. The molecule has 0 spiro atoms. The molecule has 0 radical (unpaired) electrons. The maximum absolute atomic E-state index is 5.77. The molecule has 0 fully saturated rings. The number of thioether (sulfide) groups is 1. The second kappa shape index (κ2) is 9.30. The van der Waals surface area contributed by atoms with E-state index in [1.165, 1.54) is 5.56 Å². The van der Waals surface area contributed by atoms with E-state index in [0.29, 0.717) is 23.8 Å². The lowest BCUT2D eigenvalue weighted by Crippen LogP contribution is -2.25. The van der Waals surface area contributed by atoms with Gasteiger partial charge in [-0.2, -0.15) is 11.8 Å². The third-order valence-electron chi connectivity index (χ3n) is 3.51. The summed E-state index contributed by atoms with van der Waals surface area (Å²) in [7, 11) is 0. The van der Waals surface area contributed by atoms with Crippen molar-refractivity contribution in [2.24, 2.45) is 5.92 Å². The van der Waals surface area contributed by atoms with E-state index in [9.17, 15) is 0 Å². The Hall–Kier alpha value is -0.670. The summed E-state index contributed by atoms with van der Waals surface area (Å²) >= 11 is 2.04. The van der Waals surface area contributed by atoms with Gasteiger partial charge in [-0.3, -0.25) is 0 Å².